The van der Waals surface area contributed by atoms with Gasteiger partial charge in [0.25, 0.3) is 5.91 Å². The summed E-state index contributed by atoms with van der Waals surface area (Å²) in [5.41, 5.74) is 0.174. The van der Waals surface area contributed by atoms with Crippen LogP contribution in [0.4, 0.5) is 13.2 Å². The fourth-order valence-corrected chi connectivity index (χ4v) is 4.59. The molecule has 0 saturated carbocycles. The smallest absolute Gasteiger partial charge is 0.417 e. The van der Waals surface area contributed by atoms with E-state index in [1.165, 1.54) is 18.3 Å². The van der Waals surface area contributed by atoms with Gasteiger partial charge in [-0.2, -0.15) is 13.2 Å². The molecule has 1 aliphatic heterocycles. The third kappa shape index (κ3) is 5.55. The number of fused-ring (bicyclic) bond motifs is 1. The number of piperidine rings is 1. The molecule has 1 fully saturated rings. The van der Waals surface area contributed by atoms with Crippen LogP contribution >= 0.6 is 0 Å². The number of carbonyl (C=O) groups is 2. The molecule has 0 radical (unpaired) electrons. The number of rotatable bonds is 6. The summed E-state index contributed by atoms with van der Waals surface area (Å²) in [6.45, 7) is 2.54. The molecule has 1 aliphatic rings. The van der Waals surface area contributed by atoms with Crippen LogP contribution in [0.15, 0.2) is 54.7 Å². The van der Waals surface area contributed by atoms with Gasteiger partial charge in [0.2, 0.25) is 0 Å². The molecule has 1 amide bonds. The fraction of sp³-hybridized carbons (Fsp3) is 0.346. The first-order chi connectivity index (χ1) is 16.6. The lowest BCUT2D eigenvalue weighted by atomic mass is 9.94. The van der Waals surface area contributed by atoms with Crippen molar-refractivity contribution in [1.82, 2.24) is 9.88 Å². The number of hydrogen-bond acceptors (Lipinski definition) is 4. The number of pyridine rings is 1. The van der Waals surface area contributed by atoms with Crippen LogP contribution < -0.4 is 4.74 Å². The minimum atomic E-state index is -4.50. The van der Waals surface area contributed by atoms with Crippen molar-refractivity contribution in [3.05, 3.63) is 60.3 Å². The first-order valence-electron chi connectivity index (χ1n) is 11.4. The highest BCUT2D eigenvalue weighted by molar-refractivity contribution is 5.96. The molecule has 1 unspecified atom stereocenters. The van der Waals surface area contributed by atoms with Gasteiger partial charge in [-0.05, 0) is 61.1 Å². The molecule has 3 aromatic rings. The molecule has 184 valence electrons. The van der Waals surface area contributed by atoms with Crippen molar-refractivity contribution >= 4 is 22.8 Å². The third-order valence-electron chi connectivity index (χ3n) is 6.19. The van der Waals surface area contributed by atoms with E-state index in [0.29, 0.717) is 35.3 Å². The normalized spacial score (nSPS) is 17.3. The van der Waals surface area contributed by atoms with Gasteiger partial charge in [0.05, 0.1) is 11.1 Å². The van der Waals surface area contributed by atoms with E-state index in [1.54, 1.807) is 42.2 Å². The number of carboxylic acid groups (broad SMARTS) is 1. The van der Waals surface area contributed by atoms with E-state index in [-0.39, 0.29) is 23.8 Å². The Kier molecular flexibility index (Phi) is 6.95. The molecule has 0 aliphatic carbocycles. The van der Waals surface area contributed by atoms with Crippen LogP contribution in [0.3, 0.4) is 0 Å². The van der Waals surface area contributed by atoms with Crippen LogP contribution in [0, 0.1) is 5.92 Å². The lowest BCUT2D eigenvalue weighted by Gasteiger charge is -2.33. The quantitative estimate of drug-likeness (QED) is 0.505. The maximum Gasteiger partial charge on any atom is 0.417 e. The van der Waals surface area contributed by atoms with Crippen LogP contribution in [-0.4, -0.2) is 46.1 Å². The van der Waals surface area contributed by atoms with Crippen LogP contribution in [-0.2, 0) is 15.8 Å². The number of aliphatic carboxylic acids is 1. The van der Waals surface area contributed by atoms with Gasteiger partial charge in [-0.1, -0.05) is 18.2 Å². The molecule has 1 saturated heterocycles. The Morgan fingerprint density at radius 3 is 2.69 bits per heavy atom. The maximum atomic E-state index is 13.6. The van der Waals surface area contributed by atoms with Crippen molar-refractivity contribution in [2.75, 3.05) is 13.1 Å². The minimum Gasteiger partial charge on any atom is -0.481 e. The molecule has 1 aromatic heterocycles. The summed E-state index contributed by atoms with van der Waals surface area (Å²) >= 11 is 0. The van der Waals surface area contributed by atoms with Gasteiger partial charge in [-0.15, -0.1) is 0 Å². The van der Waals surface area contributed by atoms with Crippen molar-refractivity contribution in [3.63, 3.8) is 0 Å². The zero-order valence-electron chi connectivity index (χ0n) is 19.1. The number of aromatic nitrogens is 1. The fourth-order valence-electron chi connectivity index (χ4n) is 4.59. The number of amides is 1. The third-order valence-corrected chi connectivity index (χ3v) is 6.19. The van der Waals surface area contributed by atoms with E-state index in [1.807, 2.05) is 0 Å². The number of likely N-dealkylation sites (tertiary alicyclic amines) is 1. The summed E-state index contributed by atoms with van der Waals surface area (Å²) in [6, 6.07) is 11.8. The van der Waals surface area contributed by atoms with Crippen molar-refractivity contribution in [2.45, 2.75) is 38.5 Å². The van der Waals surface area contributed by atoms with Crippen LogP contribution in [0.5, 0.6) is 5.75 Å². The molecule has 2 aromatic carbocycles. The van der Waals surface area contributed by atoms with Gasteiger partial charge in [-0.25, -0.2) is 0 Å². The number of benzene rings is 2. The lowest BCUT2D eigenvalue weighted by molar-refractivity contribution is -0.143. The second-order valence-electron chi connectivity index (χ2n) is 8.73. The number of carboxylic acids is 1. The molecule has 2 heterocycles. The number of hydrogen-bond donors (Lipinski definition) is 1. The molecule has 1 N–H and O–H groups in total. The number of carbonyl (C=O) groups excluding carboxylic acids is 1. The van der Waals surface area contributed by atoms with E-state index >= 15 is 0 Å². The highest BCUT2D eigenvalue weighted by atomic mass is 19.4. The Labute approximate surface area is 200 Å². The summed E-state index contributed by atoms with van der Waals surface area (Å²) in [5, 5.41) is 9.57. The van der Waals surface area contributed by atoms with Crippen molar-refractivity contribution in [3.8, 4) is 16.9 Å². The van der Waals surface area contributed by atoms with Crippen molar-refractivity contribution in [1.29, 1.82) is 0 Å². The number of alkyl halides is 3. The second-order valence-corrected chi connectivity index (χ2v) is 8.73. The maximum absolute atomic E-state index is 13.6. The van der Waals surface area contributed by atoms with Gasteiger partial charge in [-0.3, -0.25) is 14.6 Å². The number of nitrogens with zero attached hydrogens (tertiary/aromatic N) is 2. The van der Waals surface area contributed by atoms with Gasteiger partial charge < -0.3 is 14.7 Å². The number of halogens is 3. The highest BCUT2D eigenvalue weighted by Crippen LogP contribution is 2.39. The summed E-state index contributed by atoms with van der Waals surface area (Å²) in [5.74, 6) is -0.832. The van der Waals surface area contributed by atoms with E-state index in [4.69, 9.17) is 9.84 Å². The summed E-state index contributed by atoms with van der Waals surface area (Å²) in [6.07, 6.45) is -2.34. The van der Waals surface area contributed by atoms with Crippen LogP contribution in [0.25, 0.3) is 22.0 Å². The molecule has 4 rings (SSSR count). The molecular weight excluding hydrogens is 461 g/mol. The summed E-state index contributed by atoms with van der Waals surface area (Å²) in [4.78, 5) is 29.8. The van der Waals surface area contributed by atoms with Crippen molar-refractivity contribution in [2.24, 2.45) is 5.92 Å². The molecule has 2 atom stereocenters. The average molecular weight is 486 g/mol. The van der Waals surface area contributed by atoms with E-state index in [0.717, 1.165) is 18.9 Å². The number of ether oxygens (including phenoxy) is 1. The van der Waals surface area contributed by atoms with Gasteiger partial charge >= 0.3 is 12.1 Å². The molecule has 35 heavy (non-hydrogen) atoms. The standard InChI is InChI=1S/C26H25F3N2O4/c1-16(25(34)31-12-4-5-17(15-31)13-24(32)33)35-18-8-9-21-19(10-11-30-23(21)14-18)20-6-2-3-7-22(20)26(27,28)29/h2-3,6-11,14,16-17H,4-5,12-13,15H2,1H3,(H,32,33)/t16?,17-/m1/s1. The highest BCUT2D eigenvalue weighted by Gasteiger charge is 2.34. The molecular formula is C26H25F3N2O4. The van der Waals surface area contributed by atoms with Gasteiger partial charge in [0.15, 0.2) is 6.10 Å². The Morgan fingerprint density at radius 1 is 1.17 bits per heavy atom. The average Bonchev–Trinajstić information content (AvgIpc) is 2.82. The molecule has 0 spiro atoms. The van der Waals surface area contributed by atoms with E-state index < -0.39 is 23.8 Å². The lowest BCUT2D eigenvalue weighted by Crippen LogP contribution is -2.46. The second kappa shape index (κ2) is 9.93. The Morgan fingerprint density at radius 2 is 1.94 bits per heavy atom. The Bertz CT molecular complexity index is 1240. The summed E-state index contributed by atoms with van der Waals surface area (Å²) < 4.78 is 46.5. The monoisotopic (exact) mass is 486 g/mol. The first kappa shape index (κ1) is 24.5. The van der Waals surface area contributed by atoms with Gasteiger partial charge in [0.1, 0.15) is 5.75 Å². The topological polar surface area (TPSA) is 79.7 Å². The Balaban J connectivity index is 1.55. The van der Waals surface area contributed by atoms with E-state index in [9.17, 15) is 22.8 Å². The van der Waals surface area contributed by atoms with Crippen molar-refractivity contribution < 1.29 is 32.6 Å². The predicted molar refractivity (Wildman–Crippen MR) is 124 cm³/mol. The molecule has 6 nitrogen and oxygen atoms in total. The van der Waals surface area contributed by atoms with Crippen LogP contribution in [0.2, 0.25) is 0 Å². The largest absolute Gasteiger partial charge is 0.481 e. The SMILES string of the molecule is CC(Oc1ccc2c(-c3ccccc3C(F)(F)F)ccnc2c1)C(=O)N1CCC[C@H](CC(=O)O)C1. The zero-order valence-corrected chi connectivity index (χ0v) is 19.1. The zero-order chi connectivity index (χ0) is 25.2. The predicted octanol–water partition coefficient (Wildman–Crippen LogP) is 5.40. The Hall–Kier alpha value is -3.62. The van der Waals surface area contributed by atoms with E-state index in [2.05, 4.69) is 4.98 Å². The minimum absolute atomic E-state index is 0.0230. The molecule has 9 heteroatoms. The molecule has 0 bridgehead atoms. The first-order valence-corrected chi connectivity index (χ1v) is 11.4. The van der Waals surface area contributed by atoms with Gasteiger partial charge in [0, 0.05) is 37.2 Å². The summed E-state index contributed by atoms with van der Waals surface area (Å²) in [7, 11) is 0. The van der Waals surface area contributed by atoms with Crippen LogP contribution in [0.1, 0.15) is 31.7 Å².